The van der Waals surface area contributed by atoms with Crippen molar-refractivity contribution in [2.45, 2.75) is 39.8 Å². The minimum atomic E-state index is 0.774. The van der Waals surface area contributed by atoms with Crippen molar-refractivity contribution in [3.05, 3.63) is 47.5 Å². The van der Waals surface area contributed by atoms with E-state index in [0.29, 0.717) is 0 Å². The molecule has 2 N–H and O–H groups in total. The predicted octanol–water partition coefficient (Wildman–Crippen LogP) is 1.77. The number of aromatic nitrogens is 3. The molecule has 0 aliphatic carbocycles. The maximum Gasteiger partial charge on any atom is 0.191 e. The molecule has 1 aromatic heterocycles. The van der Waals surface area contributed by atoms with Crippen LogP contribution in [-0.2, 0) is 25.9 Å². The number of aliphatic imine (C=N–C) groups is 1. The van der Waals surface area contributed by atoms with Gasteiger partial charge in [-0.15, -0.1) is 10.2 Å². The lowest BCUT2D eigenvalue weighted by atomic mass is 10.1. The molecule has 23 heavy (non-hydrogen) atoms. The number of hydrogen-bond donors (Lipinski definition) is 2. The summed E-state index contributed by atoms with van der Waals surface area (Å²) < 4.78 is 2.06. The van der Waals surface area contributed by atoms with Gasteiger partial charge in [0.1, 0.15) is 12.2 Å². The molecule has 0 aliphatic heterocycles. The van der Waals surface area contributed by atoms with Crippen molar-refractivity contribution < 1.29 is 0 Å². The number of nitrogens with zero attached hydrogens (tertiary/aromatic N) is 4. The molecule has 0 saturated heterocycles. The van der Waals surface area contributed by atoms with Crippen molar-refractivity contribution in [3.63, 3.8) is 0 Å². The van der Waals surface area contributed by atoms with Crippen LogP contribution in [0.25, 0.3) is 0 Å². The van der Waals surface area contributed by atoms with Crippen LogP contribution in [0, 0.1) is 0 Å². The van der Waals surface area contributed by atoms with Crippen LogP contribution in [0.2, 0.25) is 0 Å². The van der Waals surface area contributed by atoms with Gasteiger partial charge in [-0.1, -0.05) is 38.1 Å². The van der Waals surface area contributed by atoms with Crippen molar-refractivity contribution in [3.8, 4) is 0 Å². The second-order valence-corrected chi connectivity index (χ2v) is 5.27. The van der Waals surface area contributed by atoms with E-state index in [2.05, 4.69) is 68.5 Å². The molecule has 0 spiro atoms. The lowest BCUT2D eigenvalue weighted by molar-refractivity contribution is 0.632. The van der Waals surface area contributed by atoms with Gasteiger partial charge >= 0.3 is 0 Å². The Labute approximate surface area is 138 Å². The fourth-order valence-corrected chi connectivity index (χ4v) is 2.51. The number of hydrogen-bond acceptors (Lipinski definition) is 3. The fourth-order valence-electron chi connectivity index (χ4n) is 2.51. The third-order valence-corrected chi connectivity index (χ3v) is 3.83. The maximum atomic E-state index is 4.27. The molecule has 2 aromatic rings. The van der Waals surface area contributed by atoms with Crippen LogP contribution in [0.1, 0.15) is 30.8 Å². The number of rotatable bonds is 7. The molecule has 6 heteroatoms. The Morgan fingerprint density at radius 1 is 1.13 bits per heavy atom. The quantitative estimate of drug-likeness (QED) is 0.604. The molecule has 0 amide bonds. The summed E-state index contributed by atoms with van der Waals surface area (Å²) in [4.78, 5) is 4.27. The van der Waals surface area contributed by atoms with Gasteiger partial charge in [-0.05, 0) is 17.5 Å². The zero-order chi connectivity index (χ0) is 16.5. The number of guanidine groups is 1. The lowest BCUT2D eigenvalue weighted by Crippen LogP contribution is -2.38. The molecular weight excluding hydrogens is 288 g/mol. The van der Waals surface area contributed by atoms with Crippen molar-refractivity contribution in [1.82, 2.24) is 25.4 Å². The van der Waals surface area contributed by atoms with Gasteiger partial charge in [0.25, 0.3) is 0 Å². The van der Waals surface area contributed by atoms with Crippen molar-refractivity contribution in [2.75, 3.05) is 13.6 Å². The molecule has 0 atom stereocenters. The van der Waals surface area contributed by atoms with Gasteiger partial charge in [0, 0.05) is 33.1 Å². The summed E-state index contributed by atoms with van der Waals surface area (Å²) in [7, 11) is 1.79. The summed E-state index contributed by atoms with van der Waals surface area (Å²) in [6.45, 7) is 6.63. The third-order valence-electron chi connectivity index (χ3n) is 3.83. The van der Waals surface area contributed by atoms with Gasteiger partial charge in [-0.25, -0.2) is 0 Å². The molecule has 0 aliphatic rings. The molecule has 6 nitrogen and oxygen atoms in total. The Morgan fingerprint density at radius 2 is 1.91 bits per heavy atom. The predicted molar refractivity (Wildman–Crippen MR) is 93.4 cm³/mol. The Morgan fingerprint density at radius 3 is 2.61 bits per heavy atom. The first-order valence-electron chi connectivity index (χ1n) is 8.16. The van der Waals surface area contributed by atoms with E-state index in [-0.39, 0.29) is 0 Å². The SMILES string of the molecule is CCc1ccccc1CNC(=NC)NCCn1cnnc1CC. The van der Waals surface area contributed by atoms with E-state index in [1.807, 2.05) is 0 Å². The van der Waals surface area contributed by atoms with Crippen LogP contribution in [-0.4, -0.2) is 34.3 Å². The molecule has 1 aromatic carbocycles. The highest BCUT2D eigenvalue weighted by molar-refractivity contribution is 5.79. The largest absolute Gasteiger partial charge is 0.355 e. The molecular formula is C17H26N6. The van der Waals surface area contributed by atoms with E-state index >= 15 is 0 Å². The molecule has 0 fully saturated rings. The Bertz CT molecular complexity index is 632. The molecule has 124 valence electrons. The van der Waals surface area contributed by atoms with Crippen LogP contribution in [0.4, 0.5) is 0 Å². The van der Waals surface area contributed by atoms with Gasteiger partial charge in [0.15, 0.2) is 5.96 Å². The van der Waals surface area contributed by atoms with E-state index in [4.69, 9.17) is 0 Å². The molecule has 2 rings (SSSR count). The first-order valence-corrected chi connectivity index (χ1v) is 8.16. The Hall–Kier alpha value is -2.37. The van der Waals surface area contributed by atoms with Gasteiger partial charge in [-0.2, -0.15) is 0 Å². The van der Waals surface area contributed by atoms with Crippen molar-refractivity contribution >= 4 is 5.96 Å². The highest BCUT2D eigenvalue weighted by Gasteiger charge is 2.03. The molecule has 1 heterocycles. The number of aryl methyl sites for hydroxylation is 2. The fraction of sp³-hybridized carbons (Fsp3) is 0.471. The third kappa shape index (κ3) is 4.81. The molecule has 0 saturated carbocycles. The average molecular weight is 314 g/mol. The maximum absolute atomic E-state index is 4.27. The first kappa shape index (κ1) is 17.0. The highest BCUT2D eigenvalue weighted by atomic mass is 15.3. The van der Waals surface area contributed by atoms with Crippen LogP contribution in [0.5, 0.6) is 0 Å². The number of benzene rings is 1. The normalized spacial score (nSPS) is 11.5. The van der Waals surface area contributed by atoms with E-state index in [9.17, 15) is 0 Å². The second kappa shape index (κ2) is 8.92. The van der Waals surface area contributed by atoms with E-state index < -0.39 is 0 Å². The summed E-state index contributed by atoms with van der Waals surface area (Å²) in [5.74, 6) is 1.81. The van der Waals surface area contributed by atoms with E-state index in [1.54, 1.807) is 13.4 Å². The molecule has 0 radical (unpaired) electrons. The number of nitrogens with one attached hydrogen (secondary N) is 2. The smallest absolute Gasteiger partial charge is 0.191 e. The standard InChI is InChI=1S/C17H26N6/c1-4-14-8-6-7-9-15(14)12-20-17(18-3)19-10-11-23-13-21-22-16(23)5-2/h6-9,13H,4-5,10-12H2,1-3H3,(H2,18,19,20). The summed E-state index contributed by atoms with van der Waals surface area (Å²) in [6.07, 6.45) is 3.70. The van der Waals surface area contributed by atoms with Crippen LogP contribution in [0.3, 0.4) is 0 Å². The van der Waals surface area contributed by atoms with Crippen molar-refractivity contribution in [1.29, 1.82) is 0 Å². The molecule has 0 unspecified atom stereocenters. The first-order chi connectivity index (χ1) is 11.3. The minimum Gasteiger partial charge on any atom is -0.355 e. The van der Waals surface area contributed by atoms with Crippen molar-refractivity contribution in [2.24, 2.45) is 4.99 Å². The monoisotopic (exact) mass is 314 g/mol. The summed E-state index contributed by atoms with van der Waals surface area (Å²) in [5.41, 5.74) is 2.68. The molecule has 0 bridgehead atoms. The van der Waals surface area contributed by atoms with Crippen LogP contribution >= 0.6 is 0 Å². The van der Waals surface area contributed by atoms with E-state index in [0.717, 1.165) is 44.3 Å². The van der Waals surface area contributed by atoms with E-state index in [1.165, 1.54) is 11.1 Å². The van der Waals surface area contributed by atoms with Crippen LogP contribution < -0.4 is 10.6 Å². The summed E-state index contributed by atoms with van der Waals surface area (Å²) in [6, 6.07) is 8.49. The zero-order valence-electron chi connectivity index (χ0n) is 14.2. The average Bonchev–Trinajstić information content (AvgIpc) is 3.05. The lowest BCUT2D eigenvalue weighted by Gasteiger charge is -2.14. The summed E-state index contributed by atoms with van der Waals surface area (Å²) >= 11 is 0. The van der Waals surface area contributed by atoms with Crippen LogP contribution in [0.15, 0.2) is 35.6 Å². The Kier molecular flexibility index (Phi) is 6.59. The zero-order valence-corrected chi connectivity index (χ0v) is 14.2. The van der Waals surface area contributed by atoms with Gasteiger partial charge in [-0.3, -0.25) is 4.99 Å². The highest BCUT2D eigenvalue weighted by Crippen LogP contribution is 2.08. The van der Waals surface area contributed by atoms with Gasteiger partial charge in [0.05, 0.1) is 0 Å². The summed E-state index contributed by atoms with van der Waals surface area (Å²) in [5, 5.41) is 14.7. The minimum absolute atomic E-state index is 0.774. The topological polar surface area (TPSA) is 67.1 Å². The second-order valence-electron chi connectivity index (χ2n) is 5.27. The van der Waals surface area contributed by atoms with Gasteiger partial charge in [0.2, 0.25) is 0 Å². The van der Waals surface area contributed by atoms with Gasteiger partial charge < -0.3 is 15.2 Å². The Balaban J connectivity index is 1.82.